The molecule has 1 fully saturated rings. The van der Waals surface area contributed by atoms with E-state index in [1.807, 2.05) is 22.9 Å². The van der Waals surface area contributed by atoms with Crippen LogP contribution in [-0.4, -0.2) is 40.3 Å². The molecule has 6 nitrogen and oxygen atoms in total. The molecule has 0 aliphatic carbocycles. The maximum Gasteiger partial charge on any atom is 0.211 e. The van der Waals surface area contributed by atoms with Crippen molar-refractivity contribution in [1.29, 1.82) is 0 Å². The molecule has 3 rings (SSSR count). The highest BCUT2D eigenvalue weighted by Crippen LogP contribution is 2.35. The first-order chi connectivity index (χ1) is 10.9. The summed E-state index contributed by atoms with van der Waals surface area (Å²) >= 11 is 0. The second-order valence-corrected chi connectivity index (χ2v) is 8.20. The first-order valence-electron chi connectivity index (χ1n) is 7.84. The molecule has 1 aliphatic rings. The van der Waals surface area contributed by atoms with Crippen molar-refractivity contribution >= 4 is 10.0 Å². The van der Waals surface area contributed by atoms with Crippen LogP contribution >= 0.6 is 0 Å². The van der Waals surface area contributed by atoms with E-state index in [1.165, 1.54) is 6.26 Å². The summed E-state index contributed by atoms with van der Waals surface area (Å²) in [5.41, 5.74) is 2.77. The largest absolute Gasteiger partial charge is 0.261 e. The molecule has 0 unspecified atom stereocenters. The summed E-state index contributed by atoms with van der Waals surface area (Å²) in [5, 5.41) is 4.34. The van der Waals surface area contributed by atoms with Crippen LogP contribution in [0.1, 0.15) is 44.3 Å². The lowest BCUT2D eigenvalue weighted by Gasteiger charge is -2.22. The number of rotatable bonds is 4. The standard InChI is InChI=1S/C16H22N4O2S/c1-12(2)20-16(7-9-18-20)14-11-13(6-8-17-14)15-5-4-10-19(15)23(3,21)22/h6-9,11-12,15H,4-5,10H2,1-3H3/t15-/m0/s1. The Kier molecular flexibility index (Phi) is 4.25. The van der Waals surface area contributed by atoms with E-state index in [4.69, 9.17) is 0 Å². The molecule has 1 saturated heterocycles. The zero-order valence-electron chi connectivity index (χ0n) is 13.7. The van der Waals surface area contributed by atoms with Gasteiger partial charge in [0.25, 0.3) is 0 Å². The number of sulfonamides is 1. The lowest BCUT2D eigenvalue weighted by atomic mass is 10.1. The van der Waals surface area contributed by atoms with Gasteiger partial charge in [-0.2, -0.15) is 9.40 Å². The second kappa shape index (κ2) is 6.05. The minimum atomic E-state index is -3.19. The predicted octanol–water partition coefficient (Wildman–Crippen LogP) is 2.62. The van der Waals surface area contributed by atoms with Crippen molar-refractivity contribution < 1.29 is 8.42 Å². The summed E-state index contributed by atoms with van der Waals surface area (Å²) in [6.45, 7) is 4.73. The van der Waals surface area contributed by atoms with Gasteiger partial charge in [-0.25, -0.2) is 8.42 Å². The molecule has 1 aliphatic heterocycles. The fourth-order valence-corrected chi connectivity index (χ4v) is 4.34. The SMILES string of the molecule is CC(C)n1nccc1-c1cc([C@@H]2CCCN2S(C)(=O)=O)ccn1. The Hall–Kier alpha value is -1.73. The average molecular weight is 334 g/mol. The Morgan fingerprint density at radius 2 is 2.04 bits per heavy atom. The molecule has 0 saturated carbocycles. The van der Waals surface area contributed by atoms with E-state index < -0.39 is 10.0 Å². The van der Waals surface area contributed by atoms with Gasteiger partial charge < -0.3 is 0 Å². The predicted molar refractivity (Wildman–Crippen MR) is 89.4 cm³/mol. The van der Waals surface area contributed by atoms with E-state index in [-0.39, 0.29) is 12.1 Å². The van der Waals surface area contributed by atoms with Gasteiger partial charge in [-0.1, -0.05) is 0 Å². The van der Waals surface area contributed by atoms with Gasteiger partial charge in [0.1, 0.15) is 0 Å². The van der Waals surface area contributed by atoms with E-state index in [1.54, 1.807) is 16.7 Å². The Labute approximate surface area is 137 Å². The summed E-state index contributed by atoms with van der Waals surface area (Å²) in [4.78, 5) is 4.45. The lowest BCUT2D eigenvalue weighted by molar-refractivity contribution is 0.400. The van der Waals surface area contributed by atoms with Crippen LogP contribution in [0, 0.1) is 0 Å². The van der Waals surface area contributed by atoms with E-state index in [0.717, 1.165) is 29.8 Å². The van der Waals surface area contributed by atoms with Gasteiger partial charge in [0, 0.05) is 31.0 Å². The number of aromatic nitrogens is 3. The third kappa shape index (κ3) is 3.16. The van der Waals surface area contributed by atoms with Gasteiger partial charge in [0.05, 0.1) is 17.6 Å². The maximum atomic E-state index is 12.0. The number of hydrogen-bond acceptors (Lipinski definition) is 4. The fourth-order valence-electron chi connectivity index (χ4n) is 3.19. The van der Waals surface area contributed by atoms with Crippen molar-refractivity contribution in [2.45, 2.75) is 38.8 Å². The molecule has 0 bridgehead atoms. The minimum Gasteiger partial charge on any atom is -0.261 e. The van der Waals surface area contributed by atoms with Gasteiger partial charge in [-0.15, -0.1) is 0 Å². The summed E-state index contributed by atoms with van der Waals surface area (Å²) in [5.74, 6) is 0. The van der Waals surface area contributed by atoms with Gasteiger partial charge >= 0.3 is 0 Å². The molecule has 2 aromatic rings. The average Bonchev–Trinajstić information content (AvgIpc) is 3.16. The van der Waals surface area contributed by atoms with Crippen LogP contribution in [-0.2, 0) is 10.0 Å². The zero-order chi connectivity index (χ0) is 16.6. The molecule has 3 heterocycles. The number of hydrogen-bond donors (Lipinski definition) is 0. The van der Waals surface area contributed by atoms with Crippen LogP contribution in [0.4, 0.5) is 0 Å². The molecule has 1 atom stereocenters. The van der Waals surface area contributed by atoms with Crippen molar-refractivity contribution in [2.75, 3.05) is 12.8 Å². The van der Waals surface area contributed by atoms with Crippen LogP contribution in [0.2, 0.25) is 0 Å². The summed E-state index contributed by atoms with van der Waals surface area (Å²) in [7, 11) is -3.19. The van der Waals surface area contributed by atoms with Gasteiger partial charge in [0.15, 0.2) is 0 Å². The molecule has 7 heteroatoms. The van der Waals surface area contributed by atoms with Crippen molar-refractivity contribution in [2.24, 2.45) is 0 Å². The van der Waals surface area contributed by atoms with Gasteiger partial charge in [0.2, 0.25) is 10.0 Å². The Balaban J connectivity index is 1.99. The molecule has 0 aromatic carbocycles. The molecular weight excluding hydrogens is 312 g/mol. The molecule has 0 N–H and O–H groups in total. The molecular formula is C16H22N4O2S. The third-order valence-electron chi connectivity index (χ3n) is 4.22. The molecule has 0 spiro atoms. The highest BCUT2D eigenvalue weighted by Gasteiger charge is 2.32. The smallest absolute Gasteiger partial charge is 0.211 e. The maximum absolute atomic E-state index is 12.0. The van der Waals surface area contributed by atoms with E-state index in [9.17, 15) is 8.42 Å². The van der Waals surface area contributed by atoms with Crippen LogP contribution in [0.15, 0.2) is 30.6 Å². The topological polar surface area (TPSA) is 68.1 Å². The first-order valence-corrected chi connectivity index (χ1v) is 9.69. The highest BCUT2D eigenvalue weighted by molar-refractivity contribution is 7.88. The second-order valence-electron chi connectivity index (χ2n) is 6.26. The van der Waals surface area contributed by atoms with Crippen LogP contribution in [0.5, 0.6) is 0 Å². The van der Waals surface area contributed by atoms with Crippen molar-refractivity contribution in [3.63, 3.8) is 0 Å². The Morgan fingerprint density at radius 1 is 1.26 bits per heavy atom. The van der Waals surface area contributed by atoms with E-state index >= 15 is 0 Å². The number of nitrogens with zero attached hydrogens (tertiary/aromatic N) is 4. The Morgan fingerprint density at radius 3 is 2.74 bits per heavy atom. The van der Waals surface area contributed by atoms with E-state index in [0.29, 0.717) is 6.54 Å². The normalized spacial score (nSPS) is 19.6. The number of pyridine rings is 1. The molecule has 0 amide bonds. The molecule has 124 valence electrons. The van der Waals surface area contributed by atoms with Crippen LogP contribution in [0.3, 0.4) is 0 Å². The highest BCUT2D eigenvalue weighted by atomic mass is 32.2. The van der Waals surface area contributed by atoms with E-state index in [2.05, 4.69) is 23.9 Å². The van der Waals surface area contributed by atoms with Crippen LogP contribution < -0.4 is 0 Å². The summed E-state index contributed by atoms with van der Waals surface area (Å²) in [6.07, 6.45) is 6.53. The van der Waals surface area contributed by atoms with Crippen molar-refractivity contribution in [1.82, 2.24) is 19.1 Å². The van der Waals surface area contributed by atoms with Crippen molar-refractivity contribution in [3.05, 3.63) is 36.2 Å². The first kappa shape index (κ1) is 16.1. The molecule has 0 radical (unpaired) electrons. The van der Waals surface area contributed by atoms with Gasteiger partial charge in [-0.3, -0.25) is 9.67 Å². The summed E-state index contributed by atoms with van der Waals surface area (Å²) in [6, 6.07) is 5.99. The zero-order valence-corrected chi connectivity index (χ0v) is 14.5. The van der Waals surface area contributed by atoms with Crippen molar-refractivity contribution in [3.8, 4) is 11.4 Å². The third-order valence-corrected chi connectivity index (χ3v) is 5.51. The fraction of sp³-hybridized carbons (Fsp3) is 0.500. The van der Waals surface area contributed by atoms with Gasteiger partial charge in [-0.05, 0) is 50.5 Å². The minimum absolute atomic E-state index is 0.0952. The Bertz CT molecular complexity index is 798. The monoisotopic (exact) mass is 334 g/mol. The quantitative estimate of drug-likeness (QED) is 0.862. The molecule has 2 aromatic heterocycles. The summed E-state index contributed by atoms with van der Waals surface area (Å²) < 4.78 is 27.5. The van der Waals surface area contributed by atoms with Crippen LogP contribution in [0.25, 0.3) is 11.4 Å². The lowest BCUT2D eigenvalue weighted by Crippen LogP contribution is -2.29. The molecule has 23 heavy (non-hydrogen) atoms.